The number of hydrogen-bond acceptors (Lipinski definition) is 9. The van der Waals surface area contributed by atoms with E-state index in [1.54, 1.807) is 0 Å². The molecular weight excluding hydrogens is 580 g/mol. The predicted molar refractivity (Wildman–Crippen MR) is 153 cm³/mol. The fourth-order valence-electron chi connectivity index (χ4n) is 4.66. The highest BCUT2D eigenvalue weighted by Gasteiger charge is 2.34. The molecule has 0 heterocycles. The van der Waals surface area contributed by atoms with E-state index < -0.39 is 42.0 Å². The van der Waals surface area contributed by atoms with Gasteiger partial charge in [0.2, 0.25) is 5.91 Å². The number of fused-ring (bicyclic) bond motifs is 3. The fourth-order valence-corrected chi connectivity index (χ4v) is 4.66. The van der Waals surface area contributed by atoms with Crippen LogP contribution < -0.4 is 10.6 Å². The summed E-state index contributed by atoms with van der Waals surface area (Å²) in [6.07, 6.45) is -1.81. The van der Waals surface area contributed by atoms with Crippen molar-refractivity contribution in [2.75, 3.05) is 52.8 Å². The molecule has 14 nitrogen and oxygen atoms in total. The van der Waals surface area contributed by atoms with Crippen molar-refractivity contribution in [2.45, 2.75) is 30.7 Å². The number of carbonyl (C=O) groups excluding carboxylic acids is 2. The number of carboxylic acid groups (broad SMARTS) is 3. The van der Waals surface area contributed by atoms with Crippen LogP contribution in [0.25, 0.3) is 11.1 Å². The molecule has 0 aliphatic heterocycles. The first-order chi connectivity index (χ1) is 21.1. The van der Waals surface area contributed by atoms with Gasteiger partial charge in [0.15, 0.2) is 0 Å². The first-order valence-corrected chi connectivity index (χ1v) is 13.9. The predicted octanol–water partition coefficient (Wildman–Crippen LogP) is 1.85. The van der Waals surface area contributed by atoms with Gasteiger partial charge in [0.05, 0.1) is 58.9 Å². The Labute approximate surface area is 253 Å². The molecule has 0 saturated heterocycles. The summed E-state index contributed by atoms with van der Waals surface area (Å²) in [5, 5.41) is 31.8. The van der Waals surface area contributed by atoms with Gasteiger partial charge in [0, 0.05) is 5.92 Å². The van der Waals surface area contributed by atoms with Crippen molar-refractivity contribution in [2.24, 2.45) is 0 Å². The fraction of sp³-hybridized carbons (Fsp3) is 0.433. The zero-order chi connectivity index (χ0) is 32.0. The second-order valence-electron chi connectivity index (χ2n) is 10.1. The summed E-state index contributed by atoms with van der Waals surface area (Å²) in [5.41, 5.74) is 2.72. The quantitative estimate of drug-likeness (QED) is 0.135. The van der Waals surface area contributed by atoms with Crippen molar-refractivity contribution >= 4 is 29.9 Å². The molecule has 2 amide bonds. The first-order valence-electron chi connectivity index (χ1n) is 13.9. The van der Waals surface area contributed by atoms with E-state index in [9.17, 15) is 24.0 Å². The maximum Gasteiger partial charge on any atom is 0.407 e. The van der Waals surface area contributed by atoms with E-state index in [1.165, 1.54) is 0 Å². The molecule has 0 spiro atoms. The van der Waals surface area contributed by atoms with Crippen molar-refractivity contribution in [1.82, 2.24) is 10.6 Å². The summed E-state index contributed by atoms with van der Waals surface area (Å²) in [6.45, 7) is -2.04. The second kappa shape index (κ2) is 16.9. The van der Waals surface area contributed by atoms with Crippen molar-refractivity contribution in [3.05, 3.63) is 59.7 Å². The molecule has 14 heteroatoms. The molecule has 5 N–H and O–H groups in total. The molecule has 1 aliphatic carbocycles. The van der Waals surface area contributed by atoms with Gasteiger partial charge in [-0.25, -0.2) is 4.79 Å². The van der Waals surface area contributed by atoms with Gasteiger partial charge in [-0.1, -0.05) is 48.5 Å². The molecular formula is C30H36N2O12. The number of nitrogens with one attached hydrogen (secondary N) is 2. The van der Waals surface area contributed by atoms with Crippen molar-refractivity contribution in [3.8, 4) is 11.1 Å². The lowest BCUT2D eigenvalue weighted by molar-refractivity contribution is -0.139. The van der Waals surface area contributed by atoms with Crippen molar-refractivity contribution in [3.63, 3.8) is 0 Å². The van der Waals surface area contributed by atoms with Gasteiger partial charge >= 0.3 is 24.0 Å². The molecule has 0 fully saturated rings. The number of rotatable bonds is 20. The Morgan fingerprint density at radius 3 is 1.55 bits per heavy atom. The van der Waals surface area contributed by atoms with Crippen LogP contribution in [0.4, 0.5) is 4.79 Å². The zero-order valence-corrected chi connectivity index (χ0v) is 24.0. The highest BCUT2D eigenvalue weighted by Crippen LogP contribution is 2.44. The third-order valence-electron chi connectivity index (χ3n) is 6.66. The van der Waals surface area contributed by atoms with E-state index in [0.29, 0.717) is 0 Å². The Bertz CT molecular complexity index is 1210. The maximum absolute atomic E-state index is 12.9. The number of amides is 2. The standard InChI is InChI=1S/C30H36N2O12/c33-25(15-31-29(40)44-16-24-22-7-3-1-5-20(22)21-6-2-4-8-23(21)24)32-30(17-41-12-9-26(34)35,18-42-13-10-27(36)37)19-43-14-11-28(38)39/h1-8,24H,9-19H2,(H,31,40)(H,32,33)(H,34,35)(H,36,37)(H,38,39). The number of hydrogen-bond donors (Lipinski definition) is 5. The van der Waals surface area contributed by atoms with Crippen LogP contribution in [0.2, 0.25) is 0 Å². The SMILES string of the molecule is O=C(O)CCOCC(COCCC(=O)O)(COCCC(=O)O)NC(=O)CNC(=O)OCC1c2ccccc2-c2ccccc21. The molecule has 0 aromatic heterocycles. The van der Waals surface area contributed by atoms with Crippen LogP contribution in [-0.2, 0) is 38.1 Å². The summed E-state index contributed by atoms with van der Waals surface area (Å²) < 4.78 is 21.8. The third kappa shape index (κ3) is 10.6. The summed E-state index contributed by atoms with van der Waals surface area (Å²) in [6, 6.07) is 15.7. The van der Waals surface area contributed by atoms with Gasteiger partial charge < -0.3 is 44.9 Å². The first kappa shape index (κ1) is 34.0. The molecule has 2 aromatic carbocycles. The minimum absolute atomic E-state index is 0.0394. The highest BCUT2D eigenvalue weighted by molar-refractivity contribution is 5.83. The summed E-state index contributed by atoms with van der Waals surface area (Å²) in [7, 11) is 0. The normalized spacial score (nSPS) is 12.2. The number of carbonyl (C=O) groups is 5. The van der Waals surface area contributed by atoms with Crippen LogP contribution in [0.5, 0.6) is 0 Å². The van der Waals surface area contributed by atoms with Crippen molar-refractivity contribution in [1.29, 1.82) is 0 Å². The number of aliphatic carboxylic acids is 3. The summed E-state index contributed by atoms with van der Waals surface area (Å²) >= 11 is 0. The minimum Gasteiger partial charge on any atom is -0.481 e. The minimum atomic E-state index is -1.46. The Morgan fingerprint density at radius 1 is 0.682 bits per heavy atom. The van der Waals surface area contributed by atoms with Crippen LogP contribution in [-0.4, -0.2) is 104 Å². The summed E-state index contributed by atoms with van der Waals surface area (Å²) in [5.74, 6) is -4.21. The van der Waals surface area contributed by atoms with Crippen molar-refractivity contribution < 1.29 is 58.2 Å². The van der Waals surface area contributed by atoms with Crippen LogP contribution in [0.1, 0.15) is 36.3 Å². The molecule has 0 saturated carbocycles. The molecule has 1 aliphatic rings. The average Bonchev–Trinajstić information content (AvgIpc) is 3.31. The molecule has 0 bridgehead atoms. The monoisotopic (exact) mass is 616 g/mol. The van der Waals surface area contributed by atoms with E-state index in [-0.39, 0.29) is 71.4 Å². The van der Waals surface area contributed by atoms with Crippen LogP contribution >= 0.6 is 0 Å². The molecule has 238 valence electrons. The second-order valence-corrected chi connectivity index (χ2v) is 10.1. The lowest BCUT2D eigenvalue weighted by Gasteiger charge is -2.34. The van der Waals surface area contributed by atoms with E-state index in [1.807, 2.05) is 48.5 Å². The lowest BCUT2D eigenvalue weighted by atomic mass is 9.98. The van der Waals surface area contributed by atoms with Gasteiger partial charge in [0.25, 0.3) is 0 Å². The number of ether oxygens (including phenoxy) is 4. The maximum atomic E-state index is 12.9. The van der Waals surface area contributed by atoms with E-state index in [2.05, 4.69) is 10.6 Å². The molecule has 0 radical (unpaired) electrons. The van der Waals surface area contributed by atoms with Gasteiger partial charge in [-0.05, 0) is 22.3 Å². The van der Waals surface area contributed by atoms with Crippen LogP contribution in [0.3, 0.4) is 0 Å². The van der Waals surface area contributed by atoms with E-state index >= 15 is 0 Å². The third-order valence-corrected chi connectivity index (χ3v) is 6.66. The molecule has 3 rings (SSSR count). The van der Waals surface area contributed by atoms with Gasteiger partial charge in [-0.3, -0.25) is 19.2 Å². The number of alkyl carbamates (subject to hydrolysis) is 1. The van der Waals surface area contributed by atoms with E-state index in [0.717, 1.165) is 22.3 Å². The van der Waals surface area contributed by atoms with Gasteiger partial charge in [-0.15, -0.1) is 0 Å². The Hall–Kier alpha value is -4.53. The molecule has 0 unspecified atom stereocenters. The van der Waals surface area contributed by atoms with Crippen LogP contribution in [0, 0.1) is 0 Å². The molecule has 44 heavy (non-hydrogen) atoms. The number of benzene rings is 2. The Morgan fingerprint density at radius 2 is 1.11 bits per heavy atom. The smallest absolute Gasteiger partial charge is 0.407 e. The lowest BCUT2D eigenvalue weighted by Crippen LogP contribution is -2.60. The average molecular weight is 617 g/mol. The Kier molecular flexibility index (Phi) is 13.1. The largest absolute Gasteiger partial charge is 0.481 e. The molecule has 0 atom stereocenters. The topological polar surface area (TPSA) is 207 Å². The summed E-state index contributed by atoms with van der Waals surface area (Å²) in [4.78, 5) is 58.2. The van der Waals surface area contributed by atoms with Gasteiger partial charge in [-0.2, -0.15) is 0 Å². The van der Waals surface area contributed by atoms with Crippen LogP contribution in [0.15, 0.2) is 48.5 Å². The Balaban J connectivity index is 1.60. The molecule has 2 aromatic rings. The van der Waals surface area contributed by atoms with E-state index in [4.69, 9.17) is 34.3 Å². The zero-order valence-electron chi connectivity index (χ0n) is 24.0. The highest BCUT2D eigenvalue weighted by atomic mass is 16.5. The van der Waals surface area contributed by atoms with Gasteiger partial charge in [0.1, 0.15) is 18.7 Å². The number of carboxylic acids is 3.